The molecule has 0 spiro atoms. The number of nitrogens with one attached hydrogen (secondary N) is 1. The summed E-state index contributed by atoms with van der Waals surface area (Å²) in [6.45, 7) is 0. The van der Waals surface area contributed by atoms with Gasteiger partial charge < -0.3 is 10.1 Å². The number of rotatable bonds is 2. The fourth-order valence-corrected chi connectivity index (χ4v) is 2.69. The highest BCUT2D eigenvalue weighted by Gasteiger charge is 2.28. The third kappa shape index (κ3) is 2.29. The highest BCUT2D eigenvalue weighted by atomic mass is 16.5. The number of benzene rings is 2. The van der Waals surface area contributed by atoms with Gasteiger partial charge in [-0.2, -0.15) is 0 Å². The van der Waals surface area contributed by atoms with Crippen molar-refractivity contribution >= 4 is 22.5 Å². The maximum absolute atomic E-state index is 12.4. The number of carbonyl (C=O) groups is 1. The summed E-state index contributed by atoms with van der Waals surface area (Å²) in [6, 6.07) is 17.5. The van der Waals surface area contributed by atoms with Gasteiger partial charge in [-0.05, 0) is 23.8 Å². The van der Waals surface area contributed by atoms with E-state index in [0.717, 1.165) is 22.2 Å². The first kappa shape index (κ1) is 12.8. The number of hydrogen-bond acceptors (Lipinski definition) is 3. The van der Waals surface area contributed by atoms with Gasteiger partial charge in [-0.15, -0.1) is 0 Å². The highest BCUT2D eigenvalue weighted by molar-refractivity contribution is 5.96. The van der Waals surface area contributed by atoms with Crippen molar-refractivity contribution in [1.82, 2.24) is 4.98 Å². The molecule has 0 saturated carbocycles. The average molecular weight is 290 g/mol. The molecule has 1 atom stereocenters. The van der Waals surface area contributed by atoms with Gasteiger partial charge in [0.15, 0.2) is 6.10 Å². The smallest absolute Gasteiger partial charge is 0.265 e. The Morgan fingerprint density at radius 2 is 1.95 bits per heavy atom. The van der Waals surface area contributed by atoms with Crippen molar-refractivity contribution in [3.8, 4) is 5.75 Å². The lowest BCUT2D eigenvalue weighted by Gasteiger charge is -2.11. The summed E-state index contributed by atoms with van der Waals surface area (Å²) >= 11 is 0. The number of pyridine rings is 1. The van der Waals surface area contributed by atoms with Gasteiger partial charge in [-0.25, -0.2) is 0 Å². The zero-order chi connectivity index (χ0) is 14.9. The summed E-state index contributed by atoms with van der Waals surface area (Å²) in [5.41, 5.74) is 2.66. The maximum atomic E-state index is 12.4. The number of anilines is 1. The first-order valence-corrected chi connectivity index (χ1v) is 7.20. The van der Waals surface area contributed by atoms with Crippen LogP contribution in [0.3, 0.4) is 0 Å². The first-order valence-electron chi connectivity index (χ1n) is 7.20. The Hall–Kier alpha value is -2.88. The van der Waals surface area contributed by atoms with Crippen molar-refractivity contribution in [3.63, 3.8) is 0 Å². The van der Waals surface area contributed by atoms with Crippen LogP contribution < -0.4 is 10.1 Å². The number of nitrogens with zero attached hydrogens (tertiary/aromatic N) is 1. The monoisotopic (exact) mass is 290 g/mol. The van der Waals surface area contributed by atoms with E-state index in [1.165, 1.54) is 0 Å². The Kier molecular flexibility index (Phi) is 3.00. The minimum atomic E-state index is -0.483. The molecule has 0 radical (unpaired) electrons. The van der Waals surface area contributed by atoms with Gasteiger partial charge in [0.05, 0.1) is 17.4 Å². The standard InChI is InChI=1S/C18H14N2O2/c21-18(17-10-13-6-2-4-8-16(13)22-17)20-14-9-12-5-1-3-7-15(12)19-11-14/h1-9,11,17H,10H2,(H,20,21). The molecule has 4 nitrogen and oxygen atoms in total. The van der Waals surface area contributed by atoms with Crippen molar-refractivity contribution < 1.29 is 9.53 Å². The molecule has 2 aromatic carbocycles. The molecule has 1 unspecified atom stereocenters. The van der Waals surface area contributed by atoms with Crippen molar-refractivity contribution in [2.75, 3.05) is 5.32 Å². The molecule has 1 N–H and O–H groups in total. The summed E-state index contributed by atoms with van der Waals surface area (Å²) in [6.07, 6.45) is 1.79. The van der Waals surface area contributed by atoms with Crippen LogP contribution in [0.5, 0.6) is 5.75 Å². The Labute approximate surface area is 127 Å². The van der Waals surface area contributed by atoms with Crippen LogP contribution >= 0.6 is 0 Å². The molecule has 1 aliphatic rings. The van der Waals surface area contributed by atoms with E-state index in [2.05, 4.69) is 10.3 Å². The molecule has 1 amide bonds. The van der Waals surface area contributed by atoms with Crippen LogP contribution in [-0.4, -0.2) is 17.0 Å². The van der Waals surface area contributed by atoms with Crippen LogP contribution in [-0.2, 0) is 11.2 Å². The molecule has 2 heterocycles. The highest BCUT2D eigenvalue weighted by Crippen LogP contribution is 2.28. The first-order chi connectivity index (χ1) is 10.8. The van der Waals surface area contributed by atoms with Gasteiger partial charge in [0.25, 0.3) is 5.91 Å². The molecule has 3 aromatic rings. The number of amides is 1. The van der Waals surface area contributed by atoms with E-state index in [0.29, 0.717) is 12.1 Å². The fourth-order valence-electron chi connectivity index (χ4n) is 2.69. The molecule has 1 aromatic heterocycles. The SMILES string of the molecule is O=C(Nc1cnc2ccccc2c1)C1Cc2ccccc2O1. The second-order valence-corrected chi connectivity index (χ2v) is 5.32. The van der Waals surface area contributed by atoms with Gasteiger partial charge in [0, 0.05) is 11.8 Å². The molecular formula is C18H14N2O2. The van der Waals surface area contributed by atoms with Crippen molar-refractivity contribution in [1.29, 1.82) is 0 Å². The van der Waals surface area contributed by atoms with E-state index in [4.69, 9.17) is 4.74 Å². The lowest BCUT2D eigenvalue weighted by Crippen LogP contribution is -2.31. The molecule has 4 heteroatoms. The quantitative estimate of drug-likeness (QED) is 0.788. The molecule has 108 valence electrons. The van der Waals surface area contributed by atoms with E-state index in [1.807, 2.05) is 54.6 Å². The van der Waals surface area contributed by atoms with E-state index in [-0.39, 0.29) is 5.91 Å². The van der Waals surface area contributed by atoms with Gasteiger partial charge in [-0.1, -0.05) is 36.4 Å². The van der Waals surface area contributed by atoms with Crippen LogP contribution in [0.15, 0.2) is 60.8 Å². The lowest BCUT2D eigenvalue weighted by atomic mass is 10.1. The molecule has 0 fully saturated rings. The Morgan fingerprint density at radius 3 is 2.86 bits per heavy atom. The van der Waals surface area contributed by atoms with E-state index >= 15 is 0 Å². The van der Waals surface area contributed by atoms with Gasteiger partial charge in [-0.3, -0.25) is 9.78 Å². The molecule has 22 heavy (non-hydrogen) atoms. The summed E-state index contributed by atoms with van der Waals surface area (Å²) in [4.78, 5) is 16.7. The number of carbonyl (C=O) groups excluding carboxylic acids is 1. The Balaban J connectivity index is 1.52. The van der Waals surface area contributed by atoms with Crippen molar-refractivity contribution in [2.24, 2.45) is 0 Å². The van der Waals surface area contributed by atoms with Gasteiger partial charge >= 0.3 is 0 Å². The van der Waals surface area contributed by atoms with Crippen LogP contribution in [0.1, 0.15) is 5.56 Å². The second-order valence-electron chi connectivity index (χ2n) is 5.32. The lowest BCUT2D eigenvalue weighted by molar-refractivity contribution is -0.122. The molecule has 0 aliphatic carbocycles. The van der Waals surface area contributed by atoms with Crippen molar-refractivity contribution in [2.45, 2.75) is 12.5 Å². The average Bonchev–Trinajstić information content (AvgIpc) is 2.99. The maximum Gasteiger partial charge on any atom is 0.265 e. The minimum absolute atomic E-state index is 0.145. The number of ether oxygens (including phenoxy) is 1. The summed E-state index contributed by atoms with van der Waals surface area (Å²) in [7, 11) is 0. The summed E-state index contributed by atoms with van der Waals surface area (Å²) < 4.78 is 5.70. The second kappa shape index (κ2) is 5.15. The topological polar surface area (TPSA) is 51.2 Å². The van der Waals surface area contributed by atoms with E-state index < -0.39 is 6.10 Å². The molecular weight excluding hydrogens is 276 g/mol. The van der Waals surface area contributed by atoms with Gasteiger partial charge in [0.2, 0.25) is 0 Å². The third-order valence-corrected chi connectivity index (χ3v) is 3.80. The van der Waals surface area contributed by atoms with Crippen LogP contribution in [0.25, 0.3) is 10.9 Å². The molecule has 4 rings (SSSR count). The third-order valence-electron chi connectivity index (χ3n) is 3.80. The zero-order valence-electron chi connectivity index (χ0n) is 11.8. The zero-order valence-corrected chi connectivity index (χ0v) is 11.8. The Morgan fingerprint density at radius 1 is 1.14 bits per heavy atom. The molecule has 1 aliphatic heterocycles. The predicted octanol–water partition coefficient (Wildman–Crippen LogP) is 3.18. The van der Waals surface area contributed by atoms with E-state index in [9.17, 15) is 4.79 Å². The number of para-hydroxylation sites is 2. The van der Waals surface area contributed by atoms with E-state index in [1.54, 1.807) is 6.20 Å². The number of aromatic nitrogens is 1. The van der Waals surface area contributed by atoms with Crippen LogP contribution in [0.4, 0.5) is 5.69 Å². The number of fused-ring (bicyclic) bond motifs is 2. The summed E-state index contributed by atoms with van der Waals surface area (Å²) in [5.74, 6) is 0.646. The molecule has 0 bridgehead atoms. The largest absolute Gasteiger partial charge is 0.480 e. The van der Waals surface area contributed by atoms with Gasteiger partial charge in [0.1, 0.15) is 5.75 Å². The predicted molar refractivity (Wildman–Crippen MR) is 84.9 cm³/mol. The fraction of sp³-hybridized carbons (Fsp3) is 0.111. The Bertz CT molecular complexity index is 835. The van der Waals surface area contributed by atoms with Crippen LogP contribution in [0.2, 0.25) is 0 Å². The number of hydrogen-bond donors (Lipinski definition) is 1. The summed E-state index contributed by atoms with van der Waals surface area (Å²) in [5, 5.41) is 3.88. The van der Waals surface area contributed by atoms with Crippen molar-refractivity contribution in [3.05, 3.63) is 66.4 Å². The van der Waals surface area contributed by atoms with Crippen LogP contribution in [0, 0.1) is 0 Å². The normalized spacial score (nSPS) is 16.1. The minimum Gasteiger partial charge on any atom is -0.480 e. The molecule has 0 saturated heterocycles.